The SMILES string of the molecule is CC(CN(C)C)NC1CCCN(C(=O)OC(C)(C)C)CC1. The van der Waals surface area contributed by atoms with Crippen molar-refractivity contribution in [1.29, 1.82) is 0 Å². The van der Waals surface area contributed by atoms with E-state index in [1.54, 1.807) is 0 Å². The highest BCUT2D eigenvalue weighted by Crippen LogP contribution is 2.16. The second-order valence-electron chi connectivity index (χ2n) is 7.43. The minimum absolute atomic E-state index is 0.176. The molecule has 1 saturated heterocycles. The number of hydrogen-bond donors (Lipinski definition) is 1. The molecule has 0 aromatic rings. The summed E-state index contributed by atoms with van der Waals surface area (Å²) >= 11 is 0. The van der Waals surface area contributed by atoms with E-state index in [0.29, 0.717) is 12.1 Å². The Morgan fingerprint density at radius 3 is 2.57 bits per heavy atom. The van der Waals surface area contributed by atoms with E-state index >= 15 is 0 Å². The van der Waals surface area contributed by atoms with Gasteiger partial charge in [0.05, 0.1) is 0 Å². The molecule has 5 nitrogen and oxygen atoms in total. The van der Waals surface area contributed by atoms with Gasteiger partial charge in [-0.3, -0.25) is 0 Å². The monoisotopic (exact) mass is 299 g/mol. The summed E-state index contributed by atoms with van der Waals surface area (Å²) < 4.78 is 5.46. The lowest BCUT2D eigenvalue weighted by molar-refractivity contribution is 0.0256. The zero-order valence-electron chi connectivity index (χ0n) is 14.6. The Morgan fingerprint density at radius 1 is 1.33 bits per heavy atom. The van der Waals surface area contributed by atoms with Crippen LogP contribution in [0.5, 0.6) is 0 Å². The molecule has 2 atom stereocenters. The molecule has 21 heavy (non-hydrogen) atoms. The van der Waals surface area contributed by atoms with E-state index in [4.69, 9.17) is 4.74 Å². The van der Waals surface area contributed by atoms with E-state index in [2.05, 4.69) is 31.2 Å². The first-order valence-corrected chi connectivity index (χ1v) is 8.06. The average Bonchev–Trinajstić information content (AvgIpc) is 2.51. The van der Waals surface area contributed by atoms with Crippen LogP contribution >= 0.6 is 0 Å². The first kappa shape index (κ1) is 18.2. The number of likely N-dealkylation sites (tertiary alicyclic amines) is 1. The predicted octanol–water partition coefficient (Wildman–Crippen LogP) is 2.32. The molecular formula is C16H33N3O2. The van der Waals surface area contributed by atoms with E-state index < -0.39 is 5.60 Å². The molecule has 1 aliphatic rings. The van der Waals surface area contributed by atoms with Crippen LogP contribution in [-0.4, -0.2) is 67.3 Å². The summed E-state index contributed by atoms with van der Waals surface area (Å²) in [6.45, 7) is 10.6. The van der Waals surface area contributed by atoms with E-state index in [1.165, 1.54) is 0 Å². The van der Waals surface area contributed by atoms with Crippen LogP contribution < -0.4 is 5.32 Å². The fourth-order valence-corrected chi connectivity index (χ4v) is 2.77. The summed E-state index contributed by atoms with van der Waals surface area (Å²) in [5.41, 5.74) is -0.415. The molecule has 0 spiro atoms. The summed E-state index contributed by atoms with van der Waals surface area (Å²) in [6, 6.07) is 0.963. The maximum atomic E-state index is 12.1. The summed E-state index contributed by atoms with van der Waals surface area (Å²) in [5.74, 6) is 0. The molecular weight excluding hydrogens is 266 g/mol. The number of carbonyl (C=O) groups excluding carboxylic acids is 1. The van der Waals surface area contributed by atoms with Crippen molar-refractivity contribution in [1.82, 2.24) is 15.1 Å². The smallest absolute Gasteiger partial charge is 0.410 e. The molecule has 0 radical (unpaired) electrons. The molecule has 1 rings (SSSR count). The molecule has 124 valence electrons. The highest BCUT2D eigenvalue weighted by atomic mass is 16.6. The van der Waals surface area contributed by atoms with Gasteiger partial charge in [0.1, 0.15) is 5.60 Å². The number of nitrogens with zero attached hydrogens (tertiary/aromatic N) is 2. The predicted molar refractivity (Wildman–Crippen MR) is 86.6 cm³/mol. The number of likely N-dealkylation sites (N-methyl/N-ethyl adjacent to an activating group) is 1. The second-order valence-corrected chi connectivity index (χ2v) is 7.43. The van der Waals surface area contributed by atoms with Crippen molar-refractivity contribution in [2.24, 2.45) is 0 Å². The van der Waals surface area contributed by atoms with Crippen LogP contribution in [0, 0.1) is 0 Å². The fourth-order valence-electron chi connectivity index (χ4n) is 2.77. The van der Waals surface area contributed by atoms with Gasteiger partial charge in [-0.25, -0.2) is 4.79 Å². The lowest BCUT2D eigenvalue weighted by Crippen LogP contribution is -2.43. The van der Waals surface area contributed by atoms with Crippen LogP contribution in [0.2, 0.25) is 0 Å². The number of rotatable bonds is 4. The van der Waals surface area contributed by atoms with Gasteiger partial charge in [0.2, 0.25) is 0 Å². The largest absolute Gasteiger partial charge is 0.444 e. The fraction of sp³-hybridized carbons (Fsp3) is 0.938. The maximum Gasteiger partial charge on any atom is 0.410 e. The summed E-state index contributed by atoms with van der Waals surface area (Å²) in [7, 11) is 4.19. The third kappa shape index (κ3) is 7.67. The van der Waals surface area contributed by atoms with Crippen molar-refractivity contribution >= 4 is 6.09 Å². The highest BCUT2D eigenvalue weighted by molar-refractivity contribution is 5.68. The van der Waals surface area contributed by atoms with Crippen molar-refractivity contribution in [3.63, 3.8) is 0 Å². The Balaban J connectivity index is 2.41. The van der Waals surface area contributed by atoms with Gasteiger partial charge >= 0.3 is 6.09 Å². The van der Waals surface area contributed by atoms with Crippen LogP contribution in [0.15, 0.2) is 0 Å². The Bertz CT molecular complexity index is 326. The van der Waals surface area contributed by atoms with Crippen molar-refractivity contribution in [2.75, 3.05) is 33.7 Å². The molecule has 0 aromatic heterocycles. The third-order valence-electron chi connectivity index (χ3n) is 3.54. The maximum absolute atomic E-state index is 12.1. The molecule has 5 heteroatoms. The Kier molecular flexibility index (Phi) is 6.94. The molecule has 0 bridgehead atoms. The van der Waals surface area contributed by atoms with E-state index in [9.17, 15) is 4.79 Å². The molecule has 0 aromatic carbocycles. The molecule has 1 amide bonds. The summed E-state index contributed by atoms with van der Waals surface area (Å²) in [6.07, 6.45) is 2.98. The van der Waals surface area contributed by atoms with Crippen LogP contribution in [-0.2, 0) is 4.74 Å². The third-order valence-corrected chi connectivity index (χ3v) is 3.54. The lowest BCUT2D eigenvalue weighted by Gasteiger charge is -2.27. The molecule has 1 heterocycles. The van der Waals surface area contributed by atoms with Crippen LogP contribution in [0.3, 0.4) is 0 Å². The van der Waals surface area contributed by atoms with Gasteiger partial charge in [-0.1, -0.05) is 0 Å². The van der Waals surface area contributed by atoms with Gasteiger partial charge in [0, 0.05) is 31.7 Å². The van der Waals surface area contributed by atoms with Crippen molar-refractivity contribution in [2.45, 2.75) is 64.6 Å². The van der Waals surface area contributed by atoms with Gasteiger partial charge in [-0.2, -0.15) is 0 Å². The van der Waals surface area contributed by atoms with Crippen molar-refractivity contribution in [3.8, 4) is 0 Å². The Morgan fingerprint density at radius 2 is 2.00 bits per heavy atom. The first-order valence-electron chi connectivity index (χ1n) is 8.06. The van der Waals surface area contributed by atoms with E-state index in [0.717, 1.165) is 38.9 Å². The average molecular weight is 299 g/mol. The topological polar surface area (TPSA) is 44.8 Å². The standard InChI is InChI=1S/C16H33N3O2/c1-13(12-18(5)6)17-14-8-7-10-19(11-9-14)15(20)21-16(2,3)4/h13-14,17H,7-12H2,1-6H3. The van der Waals surface area contributed by atoms with Crippen LogP contribution in [0.4, 0.5) is 4.79 Å². The molecule has 0 aliphatic carbocycles. The number of nitrogens with one attached hydrogen (secondary N) is 1. The van der Waals surface area contributed by atoms with Gasteiger partial charge in [-0.15, -0.1) is 0 Å². The molecule has 2 unspecified atom stereocenters. The molecule has 1 N–H and O–H groups in total. The Hall–Kier alpha value is -0.810. The number of ether oxygens (including phenoxy) is 1. The summed E-state index contributed by atoms with van der Waals surface area (Å²) in [4.78, 5) is 16.2. The van der Waals surface area contributed by atoms with Gasteiger partial charge in [0.25, 0.3) is 0 Å². The number of hydrogen-bond acceptors (Lipinski definition) is 4. The van der Waals surface area contributed by atoms with Gasteiger partial charge in [0.15, 0.2) is 0 Å². The van der Waals surface area contributed by atoms with Crippen molar-refractivity contribution in [3.05, 3.63) is 0 Å². The van der Waals surface area contributed by atoms with Gasteiger partial charge in [-0.05, 0) is 61.1 Å². The number of carbonyl (C=O) groups is 1. The van der Waals surface area contributed by atoms with Gasteiger partial charge < -0.3 is 19.9 Å². The zero-order chi connectivity index (χ0) is 16.0. The molecule has 0 saturated carbocycles. The van der Waals surface area contributed by atoms with E-state index in [1.807, 2.05) is 25.7 Å². The lowest BCUT2D eigenvalue weighted by atomic mass is 10.1. The minimum Gasteiger partial charge on any atom is -0.444 e. The zero-order valence-corrected chi connectivity index (χ0v) is 14.6. The van der Waals surface area contributed by atoms with Crippen LogP contribution in [0.25, 0.3) is 0 Å². The van der Waals surface area contributed by atoms with Crippen LogP contribution in [0.1, 0.15) is 47.0 Å². The molecule has 1 aliphatic heterocycles. The second kappa shape index (κ2) is 7.99. The highest BCUT2D eigenvalue weighted by Gasteiger charge is 2.25. The van der Waals surface area contributed by atoms with E-state index in [-0.39, 0.29) is 6.09 Å². The summed E-state index contributed by atoms with van der Waals surface area (Å²) in [5, 5.41) is 3.68. The normalized spacial score (nSPS) is 22.0. The first-order chi connectivity index (χ1) is 9.67. The molecule has 1 fully saturated rings. The number of amides is 1. The van der Waals surface area contributed by atoms with Crippen molar-refractivity contribution < 1.29 is 9.53 Å². The minimum atomic E-state index is -0.415. The Labute approximate surface area is 130 Å². The quantitative estimate of drug-likeness (QED) is 0.865.